The van der Waals surface area contributed by atoms with E-state index in [1.165, 1.54) is 17.8 Å². The van der Waals surface area contributed by atoms with E-state index in [2.05, 4.69) is 32.7 Å². The second-order valence-corrected chi connectivity index (χ2v) is 9.09. The number of carbonyl (C=O) groups excluding carboxylic acids is 1. The molecule has 1 aliphatic rings. The summed E-state index contributed by atoms with van der Waals surface area (Å²) in [4.78, 5) is 18.5. The molecule has 8 heteroatoms. The molecule has 2 heterocycles. The molecular formula is C28H31F3N4O. The standard InChI is InChI=1S/C28H31F3N4O/c29-28(30,31)27(25-13-4-5-17-32-25)34-22-15-18-35(19-16-22)24-12-7-11-23(20-24)33-26(36)14-6-10-21-8-2-1-3-9-21/h1-5,7-9,11-13,17,20,22,27,34H,6,10,14-16,18-19H2,(H,33,36). The van der Waals surface area contributed by atoms with Gasteiger partial charge in [0.1, 0.15) is 6.04 Å². The molecule has 2 N–H and O–H groups in total. The summed E-state index contributed by atoms with van der Waals surface area (Å²) in [6.07, 6.45) is 0.185. The number of hydrogen-bond donors (Lipinski definition) is 2. The van der Waals surface area contributed by atoms with Crippen LogP contribution in [0.1, 0.15) is 43.0 Å². The molecule has 36 heavy (non-hydrogen) atoms. The first-order valence-corrected chi connectivity index (χ1v) is 12.3. The highest BCUT2D eigenvalue weighted by Crippen LogP contribution is 2.33. The number of amides is 1. The number of anilines is 2. The van der Waals surface area contributed by atoms with Gasteiger partial charge in [0.2, 0.25) is 5.91 Å². The first-order chi connectivity index (χ1) is 17.4. The fourth-order valence-electron chi connectivity index (χ4n) is 4.54. The van der Waals surface area contributed by atoms with Gasteiger partial charge in [-0.15, -0.1) is 0 Å². The lowest BCUT2D eigenvalue weighted by Gasteiger charge is -2.36. The third kappa shape index (κ3) is 7.31. The van der Waals surface area contributed by atoms with Gasteiger partial charge in [-0.2, -0.15) is 13.2 Å². The zero-order valence-electron chi connectivity index (χ0n) is 20.0. The molecule has 1 saturated heterocycles. The molecule has 5 nitrogen and oxygen atoms in total. The fraction of sp³-hybridized carbons (Fsp3) is 0.357. The highest BCUT2D eigenvalue weighted by atomic mass is 19.4. The van der Waals surface area contributed by atoms with E-state index in [1.807, 2.05) is 42.5 Å². The number of nitrogens with one attached hydrogen (secondary N) is 2. The summed E-state index contributed by atoms with van der Waals surface area (Å²) in [7, 11) is 0. The molecule has 190 valence electrons. The Hall–Kier alpha value is -3.39. The van der Waals surface area contributed by atoms with E-state index in [-0.39, 0.29) is 17.6 Å². The molecule has 1 amide bonds. The lowest BCUT2D eigenvalue weighted by atomic mass is 10.0. The van der Waals surface area contributed by atoms with E-state index >= 15 is 0 Å². The first-order valence-electron chi connectivity index (χ1n) is 12.3. The van der Waals surface area contributed by atoms with Crippen LogP contribution in [0.5, 0.6) is 0 Å². The number of rotatable bonds is 9. The molecule has 2 aromatic carbocycles. The van der Waals surface area contributed by atoms with Gasteiger partial charge < -0.3 is 10.2 Å². The van der Waals surface area contributed by atoms with Crippen molar-refractivity contribution in [1.82, 2.24) is 10.3 Å². The van der Waals surface area contributed by atoms with Crippen LogP contribution in [0.15, 0.2) is 79.0 Å². The van der Waals surface area contributed by atoms with Crippen molar-refractivity contribution in [2.45, 2.75) is 50.4 Å². The lowest BCUT2D eigenvalue weighted by Crippen LogP contribution is -2.47. The number of aromatic nitrogens is 1. The monoisotopic (exact) mass is 496 g/mol. The largest absolute Gasteiger partial charge is 0.409 e. The summed E-state index contributed by atoms with van der Waals surface area (Å²) in [5.74, 6) is -0.0290. The molecule has 1 fully saturated rings. The van der Waals surface area contributed by atoms with Crippen LogP contribution in [0.2, 0.25) is 0 Å². The molecule has 0 spiro atoms. The van der Waals surface area contributed by atoms with Crippen LogP contribution < -0.4 is 15.5 Å². The van der Waals surface area contributed by atoms with Crippen LogP contribution in [0, 0.1) is 0 Å². The average molecular weight is 497 g/mol. The summed E-state index contributed by atoms with van der Waals surface area (Å²) in [6.45, 7) is 1.25. The molecule has 0 radical (unpaired) electrons. The number of pyridine rings is 1. The van der Waals surface area contributed by atoms with Crippen LogP contribution in [-0.2, 0) is 11.2 Å². The first kappa shape index (κ1) is 25.7. The average Bonchev–Trinajstić information content (AvgIpc) is 2.88. The Kier molecular flexibility index (Phi) is 8.59. The third-order valence-corrected chi connectivity index (χ3v) is 6.42. The molecule has 1 aliphatic heterocycles. The molecular weight excluding hydrogens is 465 g/mol. The molecule has 1 atom stereocenters. The maximum Gasteiger partial charge on any atom is 0.409 e. The maximum atomic E-state index is 13.7. The van der Waals surface area contributed by atoms with Crippen LogP contribution in [-0.4, -0.2) is 36.2 Å². The van der Waals surface area contributed by atoms with Gasteiger partial charge in [0.05, 0.1) is 5.69 Å². The van der Waals surface area contributed by atoms with Crippen LogP contribution in [0.4, 0.5) is 24.5 Å². The van der Waals surface area contributed by atoms with Crippen molar-refractivity contribution in [1.29, 1.82) is 0 Å². The number of carbonyl (C=O) groups is 1. The van der Waals surface area contributed by atoms with Crippen molar-refractivity contribution in [2.24, 2.45) is 0 Å². The van der Waals surface area contributed by atoms with Crippen molar-refractivity contribution >= 4 is 17.3 Å². The number of alkyl halides is 3. The fourth-order valence-corrected chi connectivity index (χ4v) is 4.54. The smallest absolute Gasteiger partial charge is 0.371 e. The van der Waals surface area contributed by atoms with E-state index in [0.29, 0.717) is 32.4 Å². The van der Waals surface area contributed by atoms with Gasteiger partial charge in [-0.3, -0.25) is 15.1 Å². The predicted octanol–water partition coefficient (Wildman–Crippen LogP) is 5.91. The number of hydrogen-bond acceptors (Lipinski definition) is 4. The van der Waals surface area contributed by atoms with Gasteiger partial charge in [-0.25, -0.2) is 0 Å². The Labute approximate surface area is 209 Å². The molecule has 0 aliphatic carbocycles. The Bertz CT molecular complexity index is 1100. The van der Waals surface area contributed by atoms with E-state index in [0.717, 1.165) is 24.2 Å². The van der Waals surface area contributed by atoms with Gasteiger partial charge in [-0.1, -0.05) is 42.5 Å². The highest BCUT2D eigenvalue weighted by molar-refractivity contribution is 5.91. The Morgan fingerprint density at radius 2 is 1.75 bits per heavy atom. The zero-order chi connectivity index (χ0) is 25.4. The molecule has 3 aromatic rings. The van der Waals surface area contributed by atoms with E-state index in [9.17, 15) is 18.0 Å². The van der Waals surface area contributed by atoms with Gasteiger partial charge in [0.25, 0.3) is 0 Å². The van der Waals surface area contributed by atoms with Gasteiger partial charge in [0, 0.05) is 43.1 Å². The van der Waals surface area contributed by atoms with Crippen molar-refractivity contribution in [3.63, 3.8) is 0 Å². The van der Waals surface area contributed by atoms with Gasteiger partial charge in [0.15, 0.2) is 0 Å². The zero-order valence-corrected chi connectivity index (χ0v) is 20.0. The second kappa shape index (κ2) is 12.0. The molecule has 1 aromatic heterocycles. The second-order valence-electron chi connectivity index (χ2n) is 9.09. The Balaban J connectivity index is 1.27. The SMILES string of the molecule is O=C(CCCc1ccccc1)Nc1cccc(N2CCC(NC(c3ccccn3)C(F)(F)F)CC2)c1. The summed E-state index contributed by atoms with van der Waals surface area (Å²) in [6, 6.07) is 20.3. The van der Waals surface area contributed by atoms with Crippen LogP contribution >= 0.6 is 0 Å². The van der Waals surface area contributed by atoms with Crippen LogP contribution in [0.3, 0.4) is 0 Å². The Morgan fingerprint density at radius 1 is 1.00 bits per heavy atom. The Morgan fingerprint density at radius 3 is 2.44 bits per heavy atom. The number of aryl methyl sites for hydroxylation is 1. The summed E-state index contributed by atoms with van der Waals surface area (Å²) < 4.78 is 41.0. The summed E-state index contributed by atoms with van der Waals surface area (Å²) in [5, 5.41) is 5.75. The van der Waals surface area contributed by atoms with E-state index in [1.54, 1.807) is 12.1 Å². The summed E-state index contributed by atoms with van der Waals surface area (Å²) in [5.41, 5.74) is 2.88. The van der Waals surface area contributed by atoms with Crippen molar-refractivity contribution in [3.8, 4) is 0 Å². The minimum absolute atomic E-state index is 0.0142. The minimum atomic E-state index is -4.42. The van der Waals surface area contributed by atoms with Crippen molar-refractivity contribution in [3.05, 3.63) is 90.3 Å². The maximum absolute atomic E-state index is 13.7. The number of halogens is 3. The topological polar surface area (TPSA) is 57.3 Å². The molecule has 0 saturated carbocycles. The predicted molar refractivity (Wildman–Crippen MR) is 136 cm³/mol. The minimum Gasteiger partial charge on any atom is -0.371 e. The van der Waals surface area contributed by atoms with Gasteiger partial charge in [-0.05, 0) is 61.6 Å². The number of piperidine rings is 1. The highest BCUT2D eigenvalue weighted by Gasteiger charge is 2.43. The number of nitrogens with zero attached hydrogens (tertiary/aromatic N) is 2. The normalized spacial score (nSPS) is 15.5. The van der Waals surface area contributed by atoms with Gasteiger partial charge >= 0.3 is 6.18 Å². The van der Waals surface area contributed by atoms with Crippen molar-refractivity contribution in [2.75, 3.05) is 23.3 Å². The van der Waals surface area contributed by atoms with Crippen molar-refractivity contribution < 1.29 is 18.0 Å². The quantitative estimate of drug-likeness (QED) is 0.387. The number of benzene rings is 2. The third-order valence-electron chi connectivity index (χ3n) is 6.42. The van der Waals surface area contributed by atoms with E-state index in [4.69, 9.17) is 0 Å². The summed E-state index contributed by atoms with van der Waals surface area (Å²) >= 11 is 0. The van der Waals surface area contributed by atoms with E-state index < -0.39 is 12.2 Å². The molecule has 0 bridgehead atoms. The molecule has 4 rings (SSSR count). The lowest BCUT2D eigenvalue weighted by molar-refractivity contribution is -0.161. The molecule has 1 unspecified atom stereocenters. The van der Waals surface area contributed by atoms with Crippen LogP contribution in [0.25, 0.3) is 0 Å².